The Bertz CT molecular complexity index is 362. The molecule has 3 N–H and O–H groups in total. The van der Waals surface area contributed by atoms with Crippen molar-refractivity contribution in [2.45, 2.75) is 31.3 Å². The zero-order valence-electron chi connectivity index (χ0n) is 10.7. The van der Waals surface area contributed by atoms with Crippen molar-refractivity contribution in [1.29, 1.82) is 0 Å². The van der Waals surface area contributed by atoms with E-state index in [1.807, 2.05) is 0 Å². The van der Waals surface area contributed by atoms with E-state index < -0.39 is 0 Å². The molecule has 4 heteroatoms. The number of hydrogen-bond donors (Lipinski definition) is 2. The molecule has 1 amide bonds. The van der Waals surface area contributed by atoms with Crippen LogP contribution in [-0.2, 0) is 11.3 Å². The maximum atomic E-state index is 11.0. The van der Waals surface area contributed by atoms with Crippen LogP contribution in [0.1, 0.15) is 19.4 Å². The Hall–Kier alpha value is -1.00. The van der Waals surface area contributed by atoms with Crippen molar-refractivity contribution in [3.8, 4) is 0 Å². The van der Waals surface area contributed by atoms with E-state index in [1.54, 1.807) is 11.8 Å². The first kappa shape index (κ1) is 14.1. The van der Waals surface area contributed by atoms with Crippen LogP contribution in [0.4, 0.5) is 0 Å². The molecular formula is C13H21N2OS+. The molecule has 1 rings (SSSR count). The van der Waals surface area contributed by atoms with Crippen LogP contribution in [0.25, 0.3) is 0 Å². The minimum Gasteiger partial charge on any atom is -0.365 e. The summed E-state index contributed by atoms with van der Waals surface area (Å²) in [6, 6.07) is 8.86. The Kier molecular flexibility index (Phi) is 5.51. The number of nitrogens with one attached hydrogen (secondary N) is 1. The SMILES string of the molecule is CSc1ccc(C[NH+](CC(N)=O)C(C)C)cc1. The van der Waals surface area contributed by atoms with Crippen LogP contribution >= 0.6 is 11.8 Å². The van der Waals surface area contributed by atoms with Crippen molar-refractivity contribution in [3.63, 3.8) is 0 Å². The Labute approximate surface area is 107 Å². The summed E-state index contributed by atoms with van der Waals surface area (Å²) in [7, 11) is 0. The summed E-state index contributed by atoms with van der Waals surface area (Å²) in [4.78, 5) is 13.5. The number of amides is 1. The van der Waals surface area contributed by atoms with Crippen molar-refractivity contribution in [1.82, 2.24) is 0 Å². The van der Waals surface area contributed by atoms with Crippen LogP contribution in [0.15, 0.2) is 29.2 Å². The summed E-state index contributed by atoms with van der Waals surface area (Å²) in [5.41, 5.74) is 6.51. The van der Waals surface area contributed by atoms with Gasteiger partial charge < -0.3 is 10.6 Å². The van der Waals surface area contributed by atoms with Gasteiger partial charge in [0.25, 0.3) is 5.91 Å². The molecule has 17 heavy (non-hydrogen) atoms. The van der Waals surface area contributed by atoms with Gasteiger partial charge in [0.1, 0.15) is 6.54 Å². The molecule has 94 valence electrons. The second-order valence-corrected chi connectivity index (χ2v) is 5.36. The number of quaternary nitrogens is 1. The van der Waals surface area contributed by atoms with Gasteiger partial charge in [0.05, 0.1) is 6.04 Å². The fraction of sp³-hybridized carbons (Fsp3) is 0.462. The molecule has 0 radical (unpaired) electrons. The van der Waals surface area contributed by atoms with E-state index in [0.29, 0.717) is 12.6 Å². The monoisotopic (exact) mass is 253 g/mol. The lowest BCUT2D eigenvalue weighted by Crippen LogP contribution is -3.14. The van der Waals surface area contributed by atoms with E-state index in [4.69, 9.17) is 5.73 Å². The van der Waals surface area contributed by atoms with Gasteiger partial charge >= 0.3 is 0 Å². The number of carbonyl (C=O) groups excluding carboxylic acids is 1. The van der Waals surface area contributed by atoms with Gasteiger partial charge in [0, 0.05) is 10.5 Å². The average Bonchev–Trinajstić information content (AvgIpc) is 2.28. The van der Waals surface area contributed by atoms with Gasteiger partial charge in [-0.25, -0.2) is 0 Å². The number of carbonyl (C=O) groups is 1. The lowest BCUT2D eigenvalue weighted by molar-refractivity contribution is -0.927. The summed E-state index contributed by atoms with van der Waals surface area (Å²) < 4.78 is 0. The first-order chi connectivity index (χ1) is 8.02. The number of nitrogens with two attached hydrogens (primary N) is 1. The predicted octanol–water partition coefficient (Wildman–Crippen LogP) is 0.687. The molecule has 1 atom stereocenters. The molecule has 0 fully saturated rings. The van der Waals surface area contributed by atoms with E-state index in [0.717, 1.165) is 6.54 Å². The van der Waals surface area contributed by atoms with E-state index >= 15 is 0 Å². The lowest BCUT2D eigenvalue weighted by Gasteiger charge is -2.22. The number of hydrogen-bond acceptors (Lipinski definition) is 2. The van der Waals surface area contributed by atoms with Gasteiger partial charge in [0.2, 0.25) is 0 Å². The summed E-state index contributed by atoms with van der Waals surface area (Å²) in [6.07, 6.45) is 2.06. The van der Waals surface area contributed by atoms with Crippen LogP contribution in [0.2, 0.25) is 0 Å². The molecule has 0 heterocycles. The van der Waals surface area contributed by atoms with Crippen LogP contribution in [0.3, 0.4) is 0 Å². The molecule has 1 unspecified atom stereocenters. The highest BCUT2D eigenvalue weighted by Gasteiger charge is 2.16. The van der Waals surface area contributed by atoms with E-state index in [9.17, 15) is 4.79 Å². The fourth-order valence-electron chi connectivity index (χ4n) is 1.70. The van der Waals surface area contributed by atoms with Crippen molar-refractivity contribution in [3.05, 3.63) is 29.8 Å². The number of thioether (sulfide) groups is 1. The van der Waals surface area contributed by atoms with E-state index in [1.165, 1.54) is 15.4 Å². The molecule has 1 aromatic carbocycles. The van der Waals surface area contributed by atoms with Crippen LogP contribution < -0.4 is 10.6 Å². The van der Waals surface area contributed by atoms with Crippen LogP contribution in [0, 0.1) is 0 Å². The molecule has 0 bridgehead atoms. The van der Waals surface area contributed by atoms with Crippen molar-refractivity contribution >= 4 is 17.7 Å². The van der Waals surface area contributed by atoms with Gasteiger partial charge in [-0.05, 0) is 32.2 Å². The molecule has 0 aliphatic heterocycles. The second-order valence-electron chi connectivity index (χ2n) is 4.48. The highest BCUT2D eigenvalue weighted by Crippen LogP contribution is 2.14. The predicted molar refractivity (Wildman–Crippen MR) is 72.1 cm³/mol. The Morgan fingerprint density at radius 2 is 1.94 bits per heavy atom. The summed E-state index contributed by atoms with van der Waals surface area (Å²) in [5, 5.41) is 0. The molecule has 0 saturated carbocycles. The lowest BCUT2D eigenvalue weighted by atomic mass is 10.2. The first-order valence-corrected chi connectivity index (χ1v) is 7.01. The van der Waals surface area contributed by atoms with Crippen LogP contribution in [0.5, 0.6) is 0 Å². The summed E-state index contributed by atoms with van der Waals surface area (Å²) in [6.45, 7) is 5.44. The molecular weight excluding hydrogens is 232 g/mol. The maximum absolute atomic E-state index is 11.0. The standard InChI is InChI=1S/C13H20N2OS/c1-10(2)15(9-13(14)16)8-11-4-6-12(17-3)7-5-11/h4-7,10H,8-9H2,1-3H3,(H2,14,16)/p+1. The quantitative estimate of drug-likeness (QED) is 0.733. The minimum absolute atomic E-state index is 0.241. The third kappa shape index (κ3) is 4.79. The Morgan fingerprint density at radius 1 is 1.35 bits per heavy atom. The van der Waals surface area contributed by atoms with Gasteiger partial charge in [0.15, 0.2) is 6.54 Å². The number of benzene rings is 1. The number of rotatable bonds is 6. The van der Waals surface area contributed by atoms with E-state index in [-0.39, 0.29) is 5.91 Å². The summed E-state index contributed by atoms with van der Waals surface area (Å²) >= 11 is 1.73. The normalized spacial score (nSPS) is 12.7. The average molecular weight is 253 g/mol. The smallest absolute Gasteiger partial charge is 0.272 e. The van der Waals surface area contributed by atoms with Crippen LogP contribution in [-0.4, -0.2) is 24.7 Å². The maximum Gasteiger partial charge on any atom is 0.272 e. The van der Waals surface area contributed by atoms with Gasteiger partial charge in [-0.2, -0.15) is 0 Å². The fourth-order valence-corrected chi connectivity index (χ4v) is 2.11. The minimum atomic E-state index is -0.241. The third-order valence-electron chi connectivity index (χ3n) is 2.81. The van der Waals surface area contributed by atoms with E-state index in [2.05, 4.69) is 44.4 Å². The van der Waals surface area contributed by atoms with Crippen molar-refractivity contribution in [2.24, 2.45) is 5.73 Å². The van der Waals surface area contributed by atoms with Gasteiger partial charge in [-0.3, -0.25) is 4.79 Å². The zero-order chi connectivity index (χ0) is 12.8. The Balaban J connectivity index is 2.68. The molecule has 3 nitrogen and oxygen atoms in total. The van der Waals surface area contributed by atoms with Crippen molar-refractivity contribution in [2.75, 3.05) is 12.8 Å². The number of primary amides is 1. The van der Waals surface area contributed by atoms with Gasteiger partial charge in [-0.15, -0.1) is 11.8 Å². The molecule has 0 spiro atoms. The van der Waals surface area contributed by atoms with Crippen molar-refractivity contribution < 1.29 is 9.69 Å². The molecule has 1 aromatic rings. The topological polar surface area (TPSA) is 47.5 Å². The molecule has 0 aliphatic carbocycles. The third-order valence-corrected chi connectivity index (χ3v) is 3.55. The zero-order valence-corrected chi connectivity index (χ0v) is 11.5. The highest BCUT2D eigenvalue weighted by atomic mass is 32.2. The first-order valence-electron chi connectivity index (χ1n) is 5.78. The Morgan fingerprint density at radius 3 is 2.35 bits per heavy atom. The molecule has 0 aromatic heterocycles. The van der Waals surface area contributed by atoms with Gasteiger partial charge in [-0.1, -0.05) is 12.1 Å². The largest absolute Gasteiger partial charge is 0.365 e. The highest BCUT2D eigenvalue weighted by molar-refractivity contribution is 7.98. The molecule has 0 saturated heterocycles. The molecule has 0 aliphatic rings. The summed E-state index contributed by atoms with van der Waals surface area (Å²) in [5.74, 6) is -0.241. The second kappa shape index (κ2) is 6.67.